The molecular formula is C30H46O. The highest BCUT2D eigenvalue weighted by molar-refractivity contribution is 5.85. The maximum atomic E-state index is 12.9. The maximum Gasteiger partial charge on any atom is 0.138 e. The maximum absolute atomic E-state index is 12.9. The van der Waals surface area contributed by atoms with Gasteiger partial charge in [0, 0.05) is 11.8 Å². The number of hydrogen-bond acceptors (Lipinski definition) is 1. The van der Waals surface area contributed by atoms with E-state index in [0.717, 1.165) is 18.8 Å². The lowest BCUT2D eigenvalue weighted by Gasteiger charge is -2.68. The van der Waals surface area contributed by atoms with Crippen LogP contribution in [0.4, 0.5) is 0 Å². The van der Waals surface area contributed by atoms with Crippen molar-refractivity contribution in [3.8, 4) is 0 Å². The predicted octanol–water partition coefficient (Wildman–Crippen LogP) is 8.30. The van der Waals surface area contributed by atoms with Crippen LogP contribution < -0.4 is 0 Å². The largest absolute Gasteiger partial charge is 0.299 e. The lowest BCUT2D eigenvalue weighted by atomic mass is 9.36. The molecule has 4 saturated carbocycles. The van der Waals surface area contributed by atoms with Crippen LogP contribution in [0.15, 0.2) is 23.3 Å². The minimum Gasteiger partial charge on any atom is -0.299 e. The van der Waals surface area contributed by atoms with Crippen molar-refractivity contribution >= 4 is 5.78 Å². The van der Waals surface area contributed by atoms with Crippen molar-refractivity contribution in [2.75, 3.05) is 0 Å². The fraction of sp³-hybridized carbons (Fsp3) is 0.833. The molecule has 0 spiro atoms. The van der Waals surface area contributed by atoms with Crippen LogP contribution in [0.1, 0.15) is 113 Å². The van der Waals surface area contributed by atoms with E-state index in [2.05, 4.69) is 67.5 Å². The molecule has 6 atom stereocenters. The molecule has 0 saturated heterocycles. The van der Waals surface area contributed by atoms with Crippen molar-refractivity contribution in [2.45, 2.75) is 113 Å². The van der Waals surface area contributed by atoms with Gasteiger partial charge >= 0.3 is 0 Å². The average Bonchev–Trinajstić information content (AvgIpc) is 2.67. The van der Waals surface area contributed by atoms with Gasteiger partial charge in [-0.1, -0.05) is 78.7 Å². The van der Waals surface area contributed by atoms with E-state index in [9.17, 15) is 4.79 Å². The molecule has 0 heterocycles. The molecule has 1 heteroatoms. The number of ketones is 1. The van der Waals surface area contributed by atoms with E-state index in [1.54, 1.807) is 11.1 Å². The summed E-state index contributed by atoms with van der Waals surface area (Å²) in [7, 11) is 0. The van der Waals surface area contributed by atoms with E-state index < -0.39 is 0 Å². The van der Waals surface area contributed by atoms with Crippen molar-refractivity contribution in [3.63, 3.8) is 0 Å². The minimum atomic E-state index is -0.182. The summed E-state index contributed by atoms with van der Waals surface area (Å²) in [4.78, 5) is 12.9. The van der Waals surface area contributed by atoms with Crippen LogP contribution in [0.5, 0.6) is 0 Å². The highest BCUT2D eigenvalue weighted by Crippen LogP contribution is 2.74. The molecule has 0 amide bonds. The standard InChI is InChI=1S/C30H46O/c1-25(2)15-16-27(5)17-18-29(7)20(21(27)19-25)9-10-23-28(6)13-12-24(31)26(3,4)22(28)11-14-30(23,29)8/h9-10,21-22H,11-19H2,1-8H3/t21-,22-,27+,28-,29+,30+/m0/s1. The number of carbonyl (C=O) groups is 1. The Balaban J connectivity index is 1.63. The summed E-state index contributed by atoms with van der Waals surface area (Å²) in [5.41, 5.74) is 4.93. The van der Waals surface area contributed by atoms with Crippen LogP contribution in [0.3, 0.4) is 0 Å². The summed E-state index contributed by atoms with van der Waals surface area (Å²) in [6.07, 6.45) is 16.3. The molecule has 0 radical (unpaired) electrons. The second-order valence-electron chi connectivity index (χ2n) is 14.6. The van der Waals surface area contributed by atoms with Crippen molar-refractivity contribution < 1.29 is 4.79 Å². The van der Waals surface area contributed by atoms with Gasteiger partial charge in [0.05, 0.1) is 0 Å². The monoisotopic (exact) mass is 422 g/mol. The zero-order valence-corrected chi connectivity index (χ0v) is 21.6. The smallest absolute Gasteiger partial charge is 0.138 e. The summed E-state index contributed by atoms with van der Waals surface area (Å²) in [6, 6.07) is 0. The molecule has 172 valence electrons. The Bertz CT molecular complexity index is 886. The first-order chi connectivity index (χ1) is 14.2. The van der Waals surface area contributed by atoms with Gasteiger partial charge < -0.3 is 0 Å². The van der Waals surface area contributed by atoms with E-state index in [1.165, 1.54) is 44.9 Å². The second-order valence-corrected chi connectivity index (χ2v) is 14.6. The Morgan fingerprint density at radius 1 is 0.774 bits per heavy atom. The summed E-state index contributed by atoms with van der Waals surface area (Å²) in [6.45, 7) is 19.8. The topological polar surface area (TPSA) is 17.1 Å². The Morgan fingerprint density at radius 2 is 1.45 bits per heavy atom. The van der Waals surface area contributed by atoms with Gasteiger partial charge in [-0.05, 0) is 90.3 Å². The zero-order valence-electron chi connectivity index (χ0n) is 21.6. The number of Topliss-reactive ketones (excluding diaryl/α,β-unsaturated/α-hetero) is 1. The van der Waals surface area contributed by atoms with Gasteiger partial charge in [0.15, 0.2) is 0 Å². The first-order valence-electron chi connectivity index (χ1n) is 13.2. The Labute approximate surface area is 191 Å². The van der Waals surface area contributed by atoms with E-state index in [-0.39, 0.29) is 21.7 Å². The molecular weight excluding hydrogens is 376 g/mol. The van der Waals surface area contributed by atoms with Gasteiger partial charge in [-0.2, -0.15) is 0 Å². The Kier molecular flexibility index (Phi) is 4.38. The van der Waals surface area contributed by atoms with Crippen LogP contribution in [-0.2, 0) is 4.79 Å². The van der Waals surface area contributed by atoms with Crippen molar-refractivity contribution in [1.82, 2.24) is 0 Å². The average molecular weight is 423 g/mol. The van der Waals surface area contributed by atoms with Crippen LogP contribution in [-0.4, -0.2) is 5.78 Å². The van der Waals surface area contributed by atoms with Crippen LogP contribution in [0, 0.1) is 44.3 Å². The highest BCUT2D eigenvalue weighted by atomic mass is 16.1. The SMILES string of the molecule is CC1(C)CC[C@]2(C)CC[C@]3(C)C(=CC=C4[C@@]5(C)CCC(=O)C(C)(C)[C@@H]5CC[C@]43C)[C@@H]2C1. The first-order valence-corrected chi connectivity index (χ1v) is 13.2. The molecule has 5 aliphatic carbocycles. The third-order valence-electron chi connectivity index (χ3n) is 12.2. The number of rotatable bonds is 0. The van der Waals surface area contributed by atoms with Crippen LogP contribution >= 0.6 is 0 Å². The molecule has 0 N–H and O–H groups in total. The Morgan fingerprint density at radius 3 is 2.16 bits per heavy atom. The molecule has 0 aliphatic heterocycles. The van der Waals surface area contributed by atoms with Gasteiger partial charge in [0.1, 0.15) is 5.78 Å². The normalized spacial score (nSPS) is 50.3. The summed E-state index contributed by atoms with van der Waals surface area (Å²) in [5, 5.41) is 0. The molecule has 1 nitrogen and oxygen atoms in total. The van der Waals surface area contributed by atoms with E-state index in [4.69, 9.17) is 0 Å². The van der Waals surface area contributed by atoms with Gasteiger partial charge in [0.25, 0.3) is 0 Å². The fourth-order valence-electron chi connectivity index (χ4n) is 9.62. The van der Waals surface area contributed by atoms with Crippen molar-refractivity contribution in [3.05, 3.63) is 23.3 Å². The molecule has 31 heavy (non-hydrogen) atoms. The molecule has 5 aliphatic rings. The molecule has 0 aromatic rings. The van der Waals surface area contributed by atoms with Crippen molar-refractivity contribution in [2.24, 2.45) is 44.3 Å². The Hall–Kier alpha value is -0.850. The summed E-state index contributed by atoms with van der Waals surface area (Å²) in [5.74, 6) is 1.72. The highest BCUT2D eigenvalue weighted by Gasteiger charge is 2.65. The third kappa shape index (κ3) is 2.64. The quantitative estimate of drug-likeness (QED) is 0.383. The summed E-state index contributed by atoms with van der Waals surface area (Å²) < 4.78 is 0. The van der Waals surface area contributed by atoms with Crippen LogP contribution in [0.25, 0.3) is 0 Å². The molecule has 0 unspecified atom stereocenters. The fourth-order valence-corrected chi connectivity index (χ4v) is 9.62. The molecule has 0 bridgehead atoms. The predicted molar refractivity (Wildman–Crippen MR) is 130 cm³/mol. The van der Waals surface area contributed by atoms with Gasteiger partial charge in [-0.25, -0.2) is 0 Å². The lowest BCUT2D eigenvalue weighted by Crippen LogP contribution is -2.60. The van der Waals surface area contributed by atoms with Gasteiger partial charge in [-0.15, -0.1) is 0 Å². The summed E-state index contributed by atoms with van der Waals surface area (Å²) >= 11 is 0. The first kappa shape index (κ1) is 22.0. The number of hydrogen-bond donors (Lipinski definition) is 0. The zero-order chi connectivity index (χ0) is 22.7. The third-order valence-corrected chi connectivity index (χ3v) is 12.2. The van der Waals surface area contributed by atoms with Gasteiger partial charge in [-0.3, -0.25) is 4.79 Å². The minimum absolute atomic E-state index is 0.169. The lowest BCUT2D eigenvalue weighted by molar-refractivity contribution is -0.144. The van der Waals surface area contributed by atoms with E-state index >= 15 is 0 Å². The number of allylic oxidation sites excluding steroid dienone is 4. The molecule has 0 aromatic carbocycles. The van der Waals surface area contributed by atoms with Crippen molar-refractivity contribution in [1.29, 1.82) is 0 Å². The number of carbonyl (C=O) groups excluding carboxylic acids is 1. The van der Waals surface area contributed by atoms with E-state index in [1.807, 2.05) is 0 Å². The van der Waals surface area contributed by atoms with Crippen LogP contribution in [0.2, 0.25) is 0 Å². The number of fused-ring (bicyclic) bond motifs is 7. The molecule has 4 fully saturated rings. The van der Waals surface area contributed by atoms with Gasteiger partial charge in [0.2, 0.25) is 0 Å². The molecule has 5 rings (SSSR count). The van der Waals surface area contributed by atoms with E-state index in [0.29, 0.717) is 22.5 Å². The second kappa shape index (κ2) is 6.18. The molecule has 0 aromatic heterocycles.